The second kappa shape index (κ2) is 6.85. The van der Waals surface area contributed by atoms with Crippen molar-refractivity contribution in [1.29, 1.82) is 0 Å². The average Bonchev–Trinajstić information content (AvgIpc) is 2.32. The molecule has 1 amide bonds. The van der Waals surface area contributed by atoms with E-state index < -0.39 is 0 Å². The first kappa shape index (κ1) is 15.1. The van der Waals surface area contributed by atoms with E-state index in [1.165, 1.54) is 6.07 Å². The number of carbonyl (C=O) groups is 1. The van der Waals surface area contributed by atoms with Crippen LogP contribution >= 0.6 is 15.9 Å². The molecule has 3 nitrogen and oxygen atoms in total. The van der Waals surface area contributed by atoms with E-state index in [2.05, 4.69) is 21.2 Å². The highest BCUT2D eigenvalue weighted by atomic mass is 79.9. The average molecular weight is 317 g/mol. The Bertz CT molecular complexity index is 437. The van der Waals surface area contributed by atoms with Gasteiger partial charge in [0.05, 0.1) is 4.47 Å². The molecule has 3 N–H and O–H groups in total. The number of anilines is 1. The van der Waals surface area contributed by atoms with E-state index in [4.69, 9.17) is 5.73 Å². The SMILES string of the molecule is Cc1cc(Br)c(F)cc1NC(=O)C(C)CCCN. The predicted molar refractivity (Wildman–Crippen MR) is 74.9 cm³/mol. The molecule has 0 aliphatic carbocycles. The number of rotatable bonds is 5. The van der Waals surface area contributed by atoms with Crippen molar-refractivity contribution in [3.8, 4) is 0 Å². The van der Waals surface area contributed by atoms with Gasteiger partial charge in [0.15, 0.2) is 0 Å². The van der Waals surface area contributed by atoms with Gasteiger partial charge in [-0.15, -0.1) is 0 Å². The van der Waals surface area contributed by atoms with Gasteiger partial charge in [0.2, 0.25) is 5.91 Å². The Kier molecular flexibility index (Phi) is 5.75. The lowest BCUT2D eigenvalue weighted by Crippen LogP contribution is -2.21. The maximum Gasteiger partial charge on any atom is 0.227 e. The van der Waals surface area contributed by atoms with Gasteiger partial charge in [-0.1, -0.05) is 6.92 Å². The lowest BCUT2D eigenvalue weighted by atomic mass is 10.0. The minimum absolute atomic E-state index is 0.103. The minimum atomic E-state index is -0.384. The van der Waals surface area contributed by atoms with E-state index in [-0.39, 0.29) is 17.6 Å². The first-order valence-corrected chi connectivity index (χ1v) is 6.71. The summed E-state index contributed by atoms with van der Waals surface area (Å²) in [6, 6.07) is 2.97. The first-order chi connectivity index (χ1) is 8.45. The Morgan fingerprint density at radius 3 is 2.83 bits per heavy atom. The Morgan fingerprint density at radius 1 is 1.56 bits per heavy atom. The summed E-state index contributed by atoms with van der Waals surface area (Å²) in [5.74, 6) is -0.613. The number of nitrogens with two attached hydrogens (primary N) is 1. The van der Waals surface area contributed by atoms with Crippen molar-refractivity contribution in [1.82, 2.24) is 0 Å². The molecule has 1 rings (SSSR count). The Labute approximate surface area is 115 Å². The number of carbonyl (C=O) groups excluding carboxylic acids is 1. The molecule has 0 aliphatic heterocycles. The maximum atomic E-state index is 13.4. The van der Waals surface area contributed by atoms with Gasteiger partial charge in [0, 0.05) is 11.6 Å². The summed E-state index contributed by atoms with van der Waals surface area (Å²) in [4.78, 5) is 11.9. The van der Waals surface area contributed by atoms with E-state index in [9.17, 15) is 9.18 Å². The molecule has 0 aliphatic rings. The molecule has 1 atom stereocenters. The lowest BCUT2D eigenvalue weighted by molar-refractivity contribution is -0.119. The summed E-state index contributed by atoms with van der Waals surface area (Å²) in [6.45, 7) is 4.24. The number of aryl methyl sites for hydroxylation is 1. The highest BCUT2D eigenvalue weighted by molar-refractivity contribution is 9.10. The van der Waals surface area contributed by atoms with Gasteiger partial charge < -0.3 is 11.1 Å². The van der Waals surface area contributed by atoms with Crippen molar-refractivity contribution in [2.75, 3.05) is 11.9 Å². The number of amides is 1. The lowest BCUT2D eigenvalue weighted by Gasteiger charge is -2.14. The van der Waals surface area contributed by atoms with E-state index >= 15 is 0 Å². The van der Waals surface area contributed by atoms with Crippen LogP contribution in [0.15, 0.2) is 16.6 Å². The molecule has 1 unspecified atom stereocenters. The number of halogens is 2. The zero-order chi connectivity index (χ0) is 13.7. The molecule has 0 saturated heterocycles. The van der Waals surface area contributed by atoms with Crippen molar-refractivity contribution < 1.29 is 9.18 Å². The van der Waals surface area contributed by atoms with Crippen LogP contribution in [-0.2, 0) is 4.79 Å². The summed E-state index contributed by atoms with van der Waals surface area (Å²) in [5, 5.41) is 2.75. The smallest absolute Gasteiger partial charge is 0.227 e. The Morgan fingerprint density at radius 2 is 2.22 bits per heavy atom. The van der Waals surface area contributed by atoms with Gasteiger partial charge in [0.1, 0.15) is 5.82 Å². The van der Waals surface area contributed by atoms with Crippen molar-refractivity contribution in [3.05, 3.63) is 28.0 Å². The molecule has 0 bridgehead atoms. The van der Waals surface area contributed by atoms with Crippen molar-refractivity contribution in [3.63, 3.8) is 0 Å². The zero-order valence-corrected chi connectivity index (χ0v) is 12.2. The molecule has 1 aromatic rings. The van der Waals surface area contributed by atoms with Crippen molar-refractivity contribution >= 4 is 27.5 Å². The molecule has 18 heavy (non-hydrogen) atoms. The molecule has 0 radical (unpaired) electrons. The topological polar surface area (TPSA) is 55.1 Å². The highest BCUT2D eigenvalue weighted by Crippen LogP contribution is 2.24. The van der Waals surface area contributed by atoms with Gasteiger partial charge in [-0.2, -0.15) is 0 Å². The molecule has 5 heteroatoms. The molecular formula is C13H18BrFN2O. The molecule has 0 spiro atoms. The predicted octanol–water partition coefficient (Wildman–Crippen LogP) is 3.21. The minimum Gasteiger partial charge on any atom is -0.330 e. The fraction of sp³-hybridized carbons (Fsp3) is 0.462. The molecule has 0 saturated carbocycles. The quantitative estimate of drug-likeness (QED) is 0.876. The second-order valence-corrected chi connectivity index (χ2v) is 5.26. The monoisotopic (exact) mass is 316 g/mol. The van der Waals surface area contributed by atoms with E-state index in [0.717, 1.165) is 18.4 Å². The van der Waals surface area contributed by atoms with Crippen LogP contribution in [0.4, 0.5) is 10.1 Å². The normalized spacial score (nSPS) is 12.3. The van der Waals surface area contributed by atoms with Gasteiger partial charge >= 0.3 is 0 Å². The maximum absolute atomic E-state index is 13.4. The summed E-state index contributed by atoms with van der Waals surface area (Å²) in [7, 11) is 0. The van der Waals surface area contributed by atoms with Gasteiger partial charge in [-0.05, 0) is 59.9 Å². The zero-order valence-electron chi connectivity index (χ0n) is 10.6. The standard InChI is InChI=1S/C13H18BrFN2O/c1-8(4-3-5-16)13(18)17-12-7-11(15)10(14)6-9(12)2/h6-8H,3-5,16H2,1-2H3,(H,17,18). The molecular weight excluding hydrogens is 299 g/mol. The van der Waals surface area contributed by atoms with Crippen LogP contribution in [0.5, 0.6) is 0 Å². The third-order valence-corrected chi connectivity index (χ3v) is 3.42. The van der Waals surface area contributed by atoms with Crippen LogP contribution in [0.25, 0.3) is 0 Å². The fourth-order valence-corrected chi connectivity index (χ4v) is 2.05. The Hall–Kier alpha value is -0.940. The molecule has 0 heterocycles. The van der Waals surface area contributed by atoms with Crippen molar-refractivity contribution in [2.45, 2.75) is 26.7 Å². The van der Waals surface area contributed by atoms with Crippen LogP contribution in [-0.4, -0.2) is 12.5 Å². The van der Waals surface area contributed by atoms with E-state index in [0.29, 0.717) is 16.7 Å². The van der Waals surface area contributed by atoms with Crippen LogP contribution in [0.2, 0.25) is 0 Å². The van der Waals surface area contributed by atoms with Gasteiger partial charge in [0.25, 0.3) is 0 Å². The highest BCUT2D eigenvalue weighted by Gasteiger charge is 2.14. The van der Waals surface area contributed by atoms with E-state index in [1.807, 2.05) is 13.8 Å². The molecule has 1 aromatic carbocycles. The van der Waals surface area contributed by atoms with Gasteiger partial charge in [-0.25, -0.2) is 4.39 Å². The third kappa shape index (κ3) is 4.07. The summed E-state index contributed by atoms with van der Waals surface area (Å²) in [6.07, 6.45) is 1.54. The largest absolute Gasteiger partial charge is 0.330 e. The number of benzene rings is 1. The van der Waals surface area contributed by atoms with Crippen LogP contribution < -0.4 is 11.1 Å². The molecule has 100 valence electrons. The number of nitrogens with one attached hydrogen (secondary N) is 1. The van der Waals surface area contributed by atoms with Crippen LogP contribution in [0, 0.1) is 18.7 Å². The third-order valence-electron chi connectivity index (χ3n) is 2.81. The van der Waals surface area contributed by atoms with Gasteiger partial charge in [-0.3, -0.25) is 4.79 Å². The Balaban J connectivity index is 2.72. The summed E-state index contributed by atoms with van der Waals surface area (Å²) in [5.41, 5.74) is 6.74. The second-order valence-electron chi connectivity index (χ2n) is 4.40. The van der Waals surface area contributed by atoms with Crippen LogP contribution in [0.3, 0.4) is 0 Å². The fourth-order valence-electron chi connectivity index (χ4n) is 1.59. The number of hydrogen-bond acceptors (Lipinski definition) is 2. The van der Waals surface area contributed by atoms with E-state index in [1.54, 1.807) is 6.07 Å². The number of hydrogen-bond donors (Lipinski definition) is 2. The van der Waals surface area contributed by atoms with Crippen LogP contribution in [0.1, 0.15) is 25.3 Å². The summed E-state index contributed by atoms with van der Waals surface area (Å²) < 4.78 is 13.8. The molecule has 0 fully saturated rings. The molecule has 0 aromatic heterocycles. The summed E-state index contributed by atoms with van der Waals surface area (Å²) >= 11 is 3.11. The first-order valence-electron chi connectivity index (χ1n) is 5.92. The van der Waals surface area contributed by atoms with Crippen molar-refractivity contribution in [2.24, 2.45) is 11.7 Å².